The van der Waals surface area contributed by atoms with E-state index in [0.717, 1.165) is 38.0 Å². The molecule has 1 saturated carbocycles. The number of piperidine rings is 1. The number of rotatable bonds is 2. The van der Waals surface area contributed by atoms with Crippen molar-refractivity contribution in [2.45, 2.75) is 38.1 Å². The van der Waals surface area contributed by atoms with Gasteiger partial charge in [0.1, 0.15) is 0 Å². The minimum atomic E-state index is 0.184. The fourth-order valence-electron chi connectivity index (χ4n) is 3.17. The van der Waals surface area contributed by atoms with Crippen molar-refractivity contribution in [2.24, 2.45) is 11.8 Å². The molecule has 96 valence electrons. The Morgan fingerprint density at radius 1 is 1.06 bits per heavy atom. The van der Waals surface area contributed by atoms with E-state index in [-0.39, 0.29) is 6.03 Å². The maximum Gasteiger partial charge on any atom is 0.317 e. The average molecular weight is 237 g/mol. The highest BCUT2D eigenvalue weighted by atomic mass is 16.2. The molecule has 2 saturated heterocycles. The molecule has 2 heterocycles. The molecule has 1 atom stereocenters. The van der Waals surface area contributed by atoms with E-state index in [0.29, 0.717) is 6.04 Å². The summed E-state index contributed by atoms with van der Waals surface area (Å²) >= 11 is 0. The highest BCUT2D eigenvalue weighted by molar-refractivity contribution is 5.75. The van der Waals surface area contributed by atoms with Gasteiger partial charge in [0.2, 0.25) is 0 Å². The summed E-state index contributed by atoms with van der Waals surface area (Å²) in [6, 6.07) is 0.671. The number of carbonyl (C=O) groups excluding carboxylic acids is 1. The van der Waals surface area contributed by atoms with E-state index in [1.165, 1.54) is 32.1 Å². The Bertz CT molecular complexity index is 284. The zero-order chi connectivity index (χ0) is 11.7. The topological polar surface area (TPSA) is 44.4 Å². The predicted molar refractivity (Wildman–Crippen MR) is 66.8 cm³/mol. The van der Waals surface area contributed by atoms with Crippen molar-refractivity contribution >= 4 is 6.03 Å². The number of amides is 2. The molecule has 2 aliphatic heterocycles. The third-order valence-electron chi connectivity index (χ3n) is 4.47. The van der Waals surface area contributed by atoms with Crippen molar-refractivity contribution in [3.63, 3.8) is 0 Å². The summed E-state index contributed by atoms with van der Waals surface area (Å²) in [5, 5.41) is 6.51. The lowest BCUT2D eigenvalue weighted by Gasteiger charge is -2.28. The van der Waals surface area contributed by atoms with Gasteiger partial charge in [-0.1, -0.05) is 0 Å². The summed E-state index contributed by atoms with van der Waals surface area (Å²) in [7, 11) is 0. The second kappa shape index (κ2) is 4.84. The molecular weight excluding hydrogens is 214 g/mol. The third kappa shape index (κ3) is 2.73. The van der Waals surface area contributed by atoms with Gasteiger partial charge in [-0.05, 0) is 57.0 Å². The van der Waals surface area contributed by atoms with Crippen molar-refractivity contribution in [1.82, 2.24) is 15.5 Å². The van der Waals surface area contributed by atoms with Crippen LogP contribution < -0.4 is 10.6 Å². The van der Waals surface area contributed by atoms with Crippen LogP contribution in [0.15, 0.2) is 0 Å². The number of likely N-dealkylation sites (tertiary alicyclic amines) is 1. The van der Waals surface area contributed by atoms with Gasteiger partial charge in [0, 0.05) is 19.1 Å². The Morgan fingerprint density at radius 2 is 1.82 bits per heavy atom. The van der Waals surface area contributed by atoms with Crippen LogP contribution in [0.25, 0.3) is 0 Å². The lowest BCUT2D eigenvalue weighted by Crippen LogP contribution is -2.40. The summed E-state index contributed by atoms with van der Waals surface area (Å²) in [5.41, 5.74) is 0. The number of hydrogen-bond acceptors (Lipinski definition) is 2. The van der Waals surface area contributed by atoms with Crippen molar-refractivity contribution < 1.29 is 4.79 Å². The summed E-state index contributed by atoms with van der Waals surface area (Å²) in [4.78, 5) is 14.0. The monoisotopic (exact) mass is 237 g/mol. The van der Waals surface area contributed by atoms with Crippen LogP contribution in [0.5, 0.6) is 0 Å². The molecular formula is C13H23N3O. The summed E-state index contributed by atoms with van der Waals surface area (Å²) in [5.74, 6) is 1.59. The minimum Gasteiger partial charge on any atom is -0.335 e. The second-order valence-electron chi connectivity index (χ2n) is 5.81. The molecule has 0 aromatic carbocycles. The van der Waals surface area contributed by atoms with Crippen LogP contribution in [0.2, 0.25) is 0 Å². The molecule has 0 aromatic heterocycles. The van der Waals surface area contributed by atoms with Crippen LogP contribution >= 0.6 is 0 Å². The zero-order valence-corrected chi connectivity index (χ0v) is 10.5. The maximum absolute atomic E-state index is 11.9. The number of hydrogen-bond donors (Lipinski definition) is 2. The number of nitrogens with zero attached hydrogens (tertiary/aromatic N) is 1. The molecule has 0 bridgehead atoms. The number of carbonyl (C=O) groups is 1. The minimum absolute atomic E-state index is 0.184. The fourth-order valence-corrected chi connectivity index (χ4v) is 3.17. The van der Waals surface area contributed by atoms with Gasteiger partial charge < -0.3 is 15.5 Å². The Hall–Kier alpha value is -0.770. The Kier molecular flexibility index (Phi) is 3.23. The smallest absolute Gasteiger partial charge is 0.317 e. The van der Waals surface area contributed by atoms with E-state index in [9.17, 15) is 4.79 Å². The molecule has 3 aliphatic rings. The van der Waals surface area contributed by atoms with Crippen LogP contribution in [0.3, 0.4) is 0 Å². The normalized spacial score (nSPS) is 30.6. The van der Waals surface area contributed by atoms with Gasteiger partial charge in [-0.25, -0.2) is 4.79 Å². The van der Waals surface area contributed by atoms with Gasteiger partial charge in [-0.15, -0.1) is 0 Å². The summed E-state index contributed by atoms with van der Waals surface area (Å²) in [6.07, 6.45) is 6.16. The van der Waals surface area contributed by atoms with Crippen molar-refractivity contribution in [3.8, 4) is 0 Å². The molecule has 1 unspecified atom stereocenters. The first-order valence-corrected chi connectivity index (χ1v) is 7.09. The van der Waals surface area contributed by atoms with E-state index in [1.54, 1.807) is 0 Å². The Morgan fingerprint density at radius 3 is 2.53 bits per heavy atom. The molecule has 3 fully saturated rings. The predicted octanol–water partition coefficient (Wildman–Crippen LogP) is 1.18. The first-order chi connectivity index (χ1) is 8.33. The van der Waals surface area contributed by atoms with Gasteiger partial charge in [0.05, 0.1) is 0 Å². The fraction of sp³-hybridized carbons (Fsp3) is 0.923. The van der Waals surface area contributed by atoms with Gasteiger partial charge in [-0.3, -0.25) is 0 Å². The zero-order valence-electron chi connectivity index (χ0n) is 10.5. The van der Waals surface area contributed by atoms with Gasteiger partial charge in [0.25, 0.3) is 0 Å². The van der Waals surface area contributed by atoms with Crippen molar-refractivity contribution in [3.05, 3.63) is 0 Å². The van der Waals surface area contributed by atoms with Gasteiger partial charge in [0.15, 0.2) is 0 Å². The van der Waals surface area contributed by atoms with Crippen LogP contribution in [0.4, 0.5) is 4.79 Å². The molecule has 1 aliphatic carbocycles. The molecule has 4 heteroatoms. The standard InChI is InChI=1S/C13H23N3O/c17-13(15-12-1-2-12)16-8-5-11(9-16)10-3-6-14-7-4-10/h10-12,14H,1-9H2,(H,15,17). The second-order valence-corrected chi connectivity index (χ2v) is 5.81. The molecule has 2 N–H and O–H groups in total. The summed E-state index contributed by atoms with van der Waals surface area (Å²) in [6.45, 7) is 4.28. The molecule has 0 radical (unpaired) electrons. The Labute approximate surface area is 103 Å². The van der Waals surface area contributed by atoms with E-state index in [1.807, 2.05) is 4.90 Å². The first-order valence-electron chi connectivity index (χ1n) is 7.09. The highest BCUT2D eigenvalue weighted by Crippen LogP contribution is 2.30. The van der Waals surface area contributed by atoms with E-state index >= 15 is 0 Å². The molecule has 3 rings (SSSR count). The first kappa shape index (κ1) is 11.3. The molecule has 0 aromatic rings. The number of urea groups is 1. The quantitative estimate of drug-likeness (QED) is 0.757. The van der Waals surface area contributed by atoms with Crippen LogP contribution in [-0.2, 0) is 0 Å². The van der Waals surface area contributed by atoms with Crippen LogP contribution in [0, 0.1) is 11.8 Å². The average Bonchev–Trinajstić information content (AvgIpc) is 3.04. The van der Waals surface area contributed by atoms with Crippen molar-refractivity contribution in [1.29, 1.82) is 0 Å². The third-order valence-corrected chi connectivity index (χ3v) is 4.47. The van der Waals surface area contributed by atoms with E-state index < -0.39 is 0 Å². The molecule has 2 amide bonds. The number of nitrogens with one attached hydrogen (secondary N) is 2. The van der Waals surface area contributed by atoms with Crippen molar-refractivity contribution in [2.75, 3.05) is 26.2 Å². The van der Waals surface area contributed by atoms with E-state index in [4.69, 9.17) is 0 Å². The lowest BCUT2D eigenvalue weighted by atomic mass is 9.84. The largest absolute Gasteiger partial charge is 0.335 e. The molecule has 0 spiro atoms. The molecule has 4 nitrogen and oxygen atoms in total. The lowest BCUT2D eigenvalue weighted by molar-refractivity contribution is 0.200. The summed E-state index contributed by atoms with van der Waals surface area (Å²) < 4.78 is 0. The van der Waals surface area contributed by atoms with Gasteiger partial charge in [-0.2, -0.15) is 0 Å². The SMILES string of the molecule is O=C(NC1CC1)N1CCC(C2CCNCC2)C1. The molecule has 17 heavy (non-hydrogen) atoms. The maximum atomic E-state index is 11.9. The Balaban J connectivity index is 1.48. The van der Waals surface area contributed by atoms with Crippen LogP contribution in [-0.4, -0.2) is 43.2 Å². The van der Waals surface area contributed by atoms with Crippen LogP contribution in [0.1, 0.15) is 32.1 Å². The highest BCUT2D eigenvalue weighted by Gasteiger charge is 2.34. The van der Waals surface area contributed by atoms with E-state index in [2.05, 4.69) is 10.6 Å². The van der Waals surface area contributed by atoms with Gasteiger partial charge >= 0.3 is 6.03 Å².